The van der Waals surface area contributed by atoms with Crippen LogP contribution in [0.15, 0.2) is 36.4 Å². The molecule has 20 heavy (non-hydrogen) atoms. The maximum absolute atomic E-state index is 4.78. The SMILES string of the molecule is CN(Cc1ccc2ccccc2n1)C1CSCCSC1. The predicted molar refractivity (Wildman–Crippen MR) is 91.6 cm³/mol. The highest BCUT2D eigenvalue weighted by atomic mass is 32.2. The van der Waals surface area contributed by atoms with Crippen LogP contribution in [0.2, 0.25) is 0 Å². The Kier molecular flexibility index (Phi) is 4.86. The number of aromatic nitrogens is 1. The second-order valence-corrected chi connectivity index (χ2v) is 7.51. The van der Waals surface area contributed by atoms with Crippen LogP contribution in [0.3, 0.4) is 0 Å². The number of pyridine rings is 1. The monoisotopic (exact) mass is 304 g/mol. The fourth-order valence-corrected chi connectivity index (χ4v) is 5.15. The Morgan fingerprint density at radius 3 is 2.65 bits per heavy atom. The summed E-state index contributed by atoms with van der Waals surface area (Å²) >= 11 is 4.16. The third kappa shape index (κ3) is 3.48. The lowest BCUT2D eigenvalue weighted by Crippen LogP contribution is -2.35. The van der Waals surface area contributed by atoms with Crippen molar-refractivity contribution in [1.29, 1.82) is 0 Å². The summed E-state index contributed by atoms with van der Waals surface area (Å²) in [6.07, 6.45) is 0. The van der Waals surface area contributed by atoms with Gasteiger partial charge in [-0.2, -0.15) is 23.5 Å². The summed E-state index contributed by atoms with van der Waals surface area (Å²) in [7, 11) is 2.23. The minimum absolute atomic E-state index is 0.667. The van der Waals surface area contributed by atoms with Gasteiger partial charge < -0.3 is 0 Å². The first-order chi connectivity index (χ1) is 9.83. The Labute approximate surface area is 129 Å². The highest BCUT2D eigenvalue weighted by molar-refractivity contribution is 8.03. The van der Waals surface area contributed by atoms with Gasteiger partial charge in [0.2, 0.25) is 0 Å². The quantitative estimate of drug-likeness (QED) is 0.862. The maximum Gasteiger partial charge on any atom is 0.0705 e. The number of fused-ring (bicyclic) bond motifs is 1. The van der Waals surface area contributed by atoms with Gasteiger partial charge in [-0.15, -0.1) is 0 Å². The van der Waals surface area contributed by atoms with Gasteiger partial charge in [-0.25, -0.2) is 0 Å². The zero-order valence-corrected chi connectivity index (χ0v) is 13.4. The molecular formula is C16H20N2S2. The van der Waals surface area contributed by atoms with Crippen molar-refractivity contribution in [3.63, 3.8) is 0 Å². The number of hydrogen-bond donors (Lipinski definition) is 0. The number of benzene rings is 1. The molecule has 1 saturated heterocycles. The van der Waals surface area contributed by atoms with Crippen LogP contribution >= 0.6 is 23.5 Å². The molecule has 1 aliphatic heterocycles. The van der Waals surface area contributed by atoms with Crippen LogP contribution in [-0.4, -0.2) is 46.0 Å². The van der Waals surface area contributed by atoms with Crippen LogP contribution in [-0.2, 0) is 6.54 Å². The van der Waals surface area contributed by atoms with Crippen molar-refractivity contribution in [2.45, 2.75) is 12.6 Å². The molecule has 0 saturated carbocycles. The first kappa shape index (κ1) is 14.2. The number of para-hydroxylation sites is 1. The summed E-state index contributed by atoms with van der Waals surface area (Å²) in [6.45, 7) is 0.941. The van der Waals surface area contributed by atoms with Gasteiger partial charge in [-0.3, -0.25) is 9.88 Å². The first-order valence-electron chi connectivity index (χ1n) is 7.03. The summed E-state index contributed by atoms with van der Waals surface area (Å²) in [5, 5.41) is 1.22. The van der Waals surface area contributed by atoms with Gasteiger partial charge in [-0.05, 0) is 19.2 Å². The lowest BCUT2D eigenvalue weighted by Gasteiger charge is -2.26. The average Bonchev–Trinajstić information content (AvgIpc) is 2.76. The maximum atomic E-state index is 4.78. The fraction of sp³-hybridized carbons (Fsp3) is 0.438. The summed E-state index contributed by atoms with van der Waals surface area (Å²) in [5.74, 6) is 5.08. The van der Waals surface area contributed by atoms with Gasteiger partial charge in [0.15, 0.2) is 0 Å². The molecule has 1 aromatic heterocycles. The van der Waals surface area contributed by atoms with Crippen LogP contribution in [0.4, 0.5) is 0 Å². The Balaban J connectivity index is 1.71. The van der Waals surface area contributed by atoms with Crippen LogP contribution < -0.4 is 0 Å². The lowest BCUT2D eigenvalue weighted by molar-refractivity contribution is 0.271. The highest BCUT2D eigenvalue weighted by Gasteiger charge is 2.18. The highest BCUT2D eigenvalue weighted by Crippen LogP contribution is 2.21. The number of nitrogens with zero attached hydrogens (tertiary/aromatic N) is 2. The molecule has 106 valence electrons. The van der Waals surface area contributed by atoms with E-state index in [2.05, 4.69) is 71.9 Å². The van der Waals surface area contributed by atoms with Gasteiger partial charge in [-0.1, -0.05) is 24.3 Å². The molecular weight excluding hydrogens is 284 g/mol. The third-order valence-corrected chi connectivity index (χ3v) is 6.17. The molecule has 0 radical (unpaired) electrons. The Morgan fingerprint density at radius 2 is 1.85 bits per heavy atom. The van der Waals surface area contributed by atoms with Crippen molar-refractivity contribution in [1.82, 2.24) is 9.88 Å². The van der Waals surface area contributed by atoms with E-state index in [9.17, 15) is 0 Å². The molecule has 4 heteroatoms. The van der Waals surface area contributed by atoms with Gasteiger partial charge in [0.05, 0.1) is 11.2 Å². The fourth-order valence-electron chi connectivity index (χ4n) is 2.44. The van der Waals surface area contributed by atoms with E-state index in [0.29, 0.717) is 6.04 Å². The number of rotatable bonds is 3. The summed E-state index contributed by atoms with van der Waals surface area (Å²) < 4.78 is 0. The summed E-state index contributed by atoms with van der Waals surface area (Å²) in [5.41, 5.74) is 2.27. The minimum atomic E-state index is 0.667. The Morgan fingerprint density at radius 1 is 1.10 bits per heavy atom. The van der Waals surface area contributed by atoms with E-state index in [1.54, 1.807) is 0 Å². The average molecular weight is 304 g/mol. The van der Waals surface area contributed by atoms with Gasteiger partial charge >= 0.3 is 0 Å². The molecule has 0 aliphatic carbocycles. The van der Waals surface area contributed by atoms with Crippen LogP contribution in [0.1, 0.15) is 5.69 Å². The summed E-state index contributed by atoms with van der Waals surface area (Å²) in [4.78, 5) is 7.24. The van der Waals surface area contributed by atoms with Crippen molar-refractivity contribution >= 4 is 34.4 Å². The Bertz CT molecular complexity index is 565. The molecule has 0 amide bonds. The molecule has 0 N–H and O–H groups in total. The van der Waals surface area contributed by atoms with Crippen molar-refractivity contribution in [3.8, 4) is 0 Å². The largest absolute Gasteiger partial charge is 0.296 e. The van der Waals surface area contributed by atoms with E-state index >= 15 is 0 Å². The minimum Gasteiger partial charge on any atom is -0.296 e. The number of hydrogen-bond acceptors (Lipinski definition) is 4. The van der Waals surface area contributed by atoms with Crippen molar-refractivity contribution in [3.05, 3.63) is 42.1 Å². The molecule has 0 atom stereocenters. The summed E-state index contributed by atoms with van der Waals surface area (Å²) in [6, 6.07) is 13.3. The first-order valence-corrected chi connectivity index (χ1v) is 9.34. The molecule has 0 bridgehead atoms. The second kappa shape index (κ2) is 6.83. The van der Waals surface area contributed by atoms with Crippen molar-refractivity contribution < 1.29 is 0 Å². The van der Waals surface area contributed by atoms with E-state index in [-0.39, 0.29) is 0 Å². The van der Waals surface area contributed by atoms with Crippen molar-refractivity contribution in [2.75, 3.05) is 30.1 Å². The second-order valence-electron chi connectivity index (χ2n) is 5.21. The topological polar surface area (TPSA) is 16.1 Å². The zero-order chi connectivity index (χ0) is 13.8. The van der Waals surface area contributed by atoms with Gasteiger partial charge in [0, 0.05) is 41.0 Å². The van der Waals surface area contributed by atoms with Crippen molar-refractivity contribution in [2.24, 2.45) is 0 Å². The van der Waals surface area contributed by atoms with Crippen LogP contribution in [0.25, 0.3) is 10.9 Å². The van der Waals surface area contributed by atoms with Crippen LogP contribution in [0.5, 0.6) is 0 Å². The van der Waals surface area contributed by atoms with Crippen LogP contribution in [0, 0.1) is 0 Å². The predicted octanol–water partition coefficient (Wildman–Crippen LogP) is 3.52. The molecule has 1 aliphatic rings. The van der Waals surface area contributed by atoms with E-state index in [4.69, 9.17) is 4.98 Å². The lowest BCUT2D eigenvalue weighted by atomic mass is 10.2. The molecule has 0 spiro atoms. The third-order valence-electron chi connectivity index (χ3n) is 3.68. The van der Waals surface area contributed by atoms with Gasteiger partial charge in [0.25, 0.3) is 0 Å². The van der Waals surface area contributed by atoms with E-state index in [1.807, 2.05) is 0 Å². The molecule has 2 nitrogen and oxygen atoms in total. The van der Waals surface area contributed by atoms with E-state index in [0.717, 1.165) is 12.1 Å². The molecule has 0 unspecified atom stereocenters. The standard InChI is InChI=1S/C16H20N2S2/c1-18(15-11-19-8-9-20-12-15)10-14-7-6-13-4-2-3-5-16(13)17-14/h2-7,15H,8-12H2,1H3. The number of thioether (sulfide) groups is 2. The van der Waals surface area contributed by atoms with E-state index < -0.39 is 0 Å². The van der Waals surface area contributed by atoms with E-state index in [1.165, 1.54) is 34.1 Å². The smallest absolute Gasteiger partial charge is 0.0705 e. The van der Waals surface area contributed by atoms with Gasteiger partial charge in [0.1, 0.15) is 0 Å². The molecule has 1 aromatic carbocycles. The molecule has 2 aromatic rings. The molecule has 3 rings (SSSR count). The normalized spacial score (nSPS) is 17.5. The molecule has 2 heterocycles. The molecule has 1 fully saturated rings. The Hall–Kier alpha value is -0.710. The zero-order valence-electron chi connectivity index (χ0n) is 11.8.